The van der Waals surface area contributed by atoms with Gasteiger partial charge >= 0.3 is 36.2 Å². The molecule has 0 aromatic heterocycles. The van der Waals surface area contributed by atoms with E-state index in [2.05, 4.69) is 186 Å². The van der Waals surface area contributed by atoms with Crippen molar-refractivity contribution in [3.8, 4) is 0 Å². The minimum Gasteiger partial charge on any atom is -0.378 e. The Hall–Kier alpha value is -5.56. The second-order valence-corrected chi connectivity index (χ2v) is 40.5. The number of amides is 14. The van der Waals surface area contributed by atoms with Crippen LogP contribution in [0, 0.1) is 94.7 Å². The molecule has 0 aromatic carbocycles. The number of hydrogen-bond acceptors (Lipinski definition) is 11. The zero-order valence-corrected chi connectivity index (χ0v) is 81.5. The number of carbonyl (C=O) groups is 8. The van der Waals surface area contributed by atoms with Gasteiger partial charge in [0.1, 0.15) is 0 Å². The van der Waals surface area contributed by atoms with Gasteiger partial charge in [0, 0.05) is 129 Å². The molecule has 10 aliphatic rings. The molecule has 0 unspecified atom stereocenters. The third-order valence-corrected chi connectivity index (χ3v) is 28.1. The number of likely N-dealkylation sites (N-methyl/N-ethyl adjacent to an activating group) is 1. The lowest BCUT2D eigenvalue weighted by Crippen LogP contribution is -2.53. The molecule has 16 atom stereocenters. The number of urea groups is 6. The average molecular weight is 1710 g/mol. The van der Waals surface area contributed by atoms with Crippen molar-refractivity contribution >= 4 is 48.0 Å². The fourth-order valence-electron chi connectivity index (χ4n) is 19.5. The first-order valence-corrected chi connectivity index (χ1v) is 48.9. The quantitative estimate of drug-likeness (QED) is 0.0540. The van der Waals surface area contributed by atoms with Crippen LogP contribution in [0.2, 0.25) is 0 Å². The molecular formula is C96H187N15O10. The van der Waals surface area contributed by atoms with E-state index < -0.39 is 0 Å². The van der Waals surface area contributed by atoms with Gasteiger partial charge < -0.3 is 77.5 Å². The lowest BCUT2D eigenvalue weighted by Gasteiger charge is -2.36. The van der Waals surface area contributed by atoms with E-state index in [0.717, 1.165) is 205 Å². The minimum absolute atomic E-state index is 0.00749. The molecule has 0 radical (unpaired) electrons. The largest absolute Gasteiger partial charge is 0.378 e. The van der Waals surface area contributed by atoms with Crippen molar-refractivity contribution < 1.29 is 47.9 Å². The molecule has 8 aliphatic carbocycles. The molecule has 121 heavy (non-hydrogen) atoms. The Morgan fingerprint density at radius 3 is 0.942 bits per heavy atom. The van der Waals surface area contributed by atoms with Gasteiger partial charge in [-0.1, -0.05) is 195 Å². The molecule has 11 N–H and O–H groups in total. The predicted molar refractivity (Wildman–Crippen MR) is 497 cm³/mol. The second-order valence-electron chi connectivity index (χ2n) is 40.5. The first-order chi connectivity index (χ1) is 57.3. The van der Waals surface area contributed by atoms with Gasteiger partial charge in [-0.25, -0.2) is 34.2 Å². The van der Waals surface area contributed by atoms with Crippen LogP contribution < -0.4 is 58.6 Å². The molecule has 10 fully saturated rings. The number of nitrogens with one attached hydrogen (secondary N) is 11. The highest BCUT2D eigenvalue weighted by molar-refractivity contribution is 5.77. The van der Waals surface area contributed by atoms with E-state index in [-0.39, 0.29) is 48.0 Å². The maximum absolute atomic E-state index is 12.2. The van der Waals surface area contributed by atoms with Gasteiger partial charge in [-0.3, -0.25) is 14.4 Å². The molecule has 25 heteroatoms. The first kappa shape index (κ1) is 110. The molecule has 0 aromatic rings. The normalized spacial score (nSPS) is 27.9. The van der Waals surface area contributed by atoms with Crippen LogP contribution in [-0.2, 0) is 19.2 Å². The number of hydrogen-bond donors (Lipinski definition) is 11. The van der Waals surface area contributed by atoms with Gasteiger partial charge in [-0.05, 0) is 224 Å². The monoisotopic (exact) mass is 1710 g/mol. The topological polar surface area (TPSA) is 300 Å². The Morgan fingerprint density at radius 1 is 0.364 bits per heavy atom. The Kier molecular flexibility index (Phi) is 55.2. The van der Waals surface area contributed by atoms with Crippen LogP contribution in [0.15, 0.2) is 0 Å². The fourth-order valence-corrected chi connectivity index (χ4v) is 19.5. The Morgan fingerprint density at radius 2 is 0.653 bits per heavy atom. The third kappa shape index (κ3) is 46.5. The standard InChI is InChI=1S/C15H29N3O.C14H26N2O2.2C12H24N2O.C11H22N2O2.C11H22N2O.C11H21NO.C10H19NO/c1-12(2)13-5-4-6-14(11-13)16-15(19)18-9-7-17(3)8-10-18;1-11(2)12-4-3-5-13(10-12)15-14(17)16-6-8-18-9-7-16;1-9(2)10-6-5-7-11(8-10)13-12(15)14(3)4;1-4-13-12(15)14-11-7-5-6-10(8-11)9(2)3;1-8(2)9-5-4-6-10(7-9)12-11(14)13-15-3;1-8(2)9-5-4-6-10(7-9)13-11(14)12-3;1-4-11(13)12-10-6-5-9(7-10)8(2)3;1-7(2)9-4-5-10(6-9)11-8(3)12/h12-14H,4-11H2,1-3H3,(H,16,19);11-13H,3-10H2,1-2H3,(H,15,17);9-11H,5-8H2,1-4H3,(H,13,15);9-11H,4-8H2,1-3H3,(H2,13,14,15);8-10H,4-7H2,1-3H3,(H2,12,13,14);8-10H,4-7H2,1-3H3,(H2,12,13,14);8-10H,4-7H2,1-3H3,(H,12,13);7,9-10H,4-6H2,1-3H3,(H,11,12)/t13-,14+;12-,13+;2*10-,11+;4*9-,10+/m00000000/s1. The van der Waals surface area contributed by atoms with Crippen LogP contribution in [0.25, 0.3) is 0 Å². The summed E-state index contributed by atoms with van der Waals surface area (Å²) in [6.07, 6.45) is 36.9. The Balaban J connectivity index is 0.000000359. The van der Waals surface area contributed by atoms with Crippen LogP contribution in [0.1, 0.15) is 331 Å². The molecular weight excluding hydrogens is 1520 g/mol. The summed E-state index contributed by atoms with van der Waals surface area (Å²) in [5, 5.41) is 30.0. The molecule has 2 saturated heterocycles. The summed E-state index contributed by atoms with van der Waals surface area (Å²) < 4.78 is 5.27. The summed E-state index contributed by atoms with van der Waals surface area (Å²) >= 11 is 0. The lowest BCUT2D eigenvalue weighted by molar-refractivity contribution is -0.121. The van der Waals surface area contributed by atoms with Gasteiger partial charge in [0.05, 0.1) is 20.3 Å². The summed E-state index contributed by atoms with van der Waals surface area (Å²) in [7, 11) is 8.80. The highest BCUT2D eigenvalue weighted by Crippen LogP contribution is 2.37. The van der Waals surface area contributed by atoms with Crippen molar-refractivity contribution in [2.24, 2.45) is 94.7 Å². The molecule has 2 heterocycles. The van der Waals surface area contributed by atoms with Gasteiger partial charge in [0.15, 0.2) is 0 Å². The van der Waals surface area contributed by atoms with Gasteiger partial charge in [-0.2, -0.15) is 0 Å². The molecule has 0 spiro atoms. The summed E-state index contributed by atoms with van der Waals surface area (Å²) in [6.45, 7) is 49.1. The van der Waals surface area contributed by atoms with E-state index >= 15 is 0 Å². The van der Waals surface area contributed by atoms with Crippen LogP contribution >= 0.6 is 0 Å². The maximum Gasteiger partial charge on any atom is 0.338 e. The Bertz CT molecular complexity index is 2790. The molecule has 25 nitrogen and oxygen atoms in total. The number of piperazine rings is 1. The van der Waals surface area contributed by atoms with E-state index in [9.17, 15) is 38.4 Å². The molecule has 14 amide bonds. The van der Waals surface area contributed by atoms with E-state index in [1.807, 2.05) is 23.6 Å². The van der Waals surface area contributed by atoms with E-state index in [1.165, 1.54) is 123 Å². The molecule has 10 rings (SSSR count). The fraction of sp³-hybridized carbons (Fsp3) is 0.917. The highest BCUT2D eigenvalue weighted by atomic mass is 16.6. The third-order valence-electron chi connectivity index (χ3n) is 28.1. The molecule has 2 aliphatic heterocycles. The number of carbonyl (C=O) groups excluding carboxylic acids is 8. The summed E-state index contributed by atoms with van der Waals surface area (Å²) in [6, 6.07) is 3.18. The SMILES string of the molecule is CC(=O)N[C@@H]1CC[C@H](C(C)C)C1.CC(C)[C@H]1CCC[C@@H](NC(=O)N(C)C)C1.CC(C)[C@H]1CCC[C@@H](NC(=O)N2CCN(C)CC2)C1.CC(C)[C@H]1CCC[C@@H](NC(=O)N2CCOCC2)C1.CCC(=O)N[C@@H]1CC[C@H](C(C)C)C1.CCNC(=O)N[C@@H]1CCC[C@H](C(C)C)C1.CNC(=O)N[C@@H]1CCC[C@H](C(C)C)C1.CONC(=O)N[C@@H]1CCC[C@H](C(C)C)C1. The van der Waals surface area contributed by atoms with Gasteiger partial charge in [-0.15, -0.1) is 0 Å². The van der Waals surface area contributed by atoms with Crippen LogP contribution in [-0.4, -0.2) is 210 Å². The van der Waals surface area contributed by atoms with E-state index in [0.29, 0.717) is 80.4 Å². The number of nitrogens with zero attached hydrogens (tertiary/aromatic N) is 4. The number of ether oxygens (including phenoxy) is 1. The number of rotatable bonds is 19. The van der Waals surface area contributed by atoms with Gasteiger partial charge in [0.2, 0.25) is 11.8 Å². The van der Waals surface area contributed by atoms with Crippen molar-refractivity contribution in [1.82, 2.24) is 78.2 Å². The van der Waals surface area contributed by atoms with Crippen molar-refractivity contribution in [3.63, 3.8) is 0 Å². The van der Waals surface area contributed by atoms with Crippen LogP contribution in [0.5, 0.6) is 0 Å². The second kappa shape index (κ2) is 61.0. The smallest absolute Gasteiger partial charge is 0.338 e. The average Bonchev–Trinajstić information content (AvgIpc) is 1.87. The minimum atomic E-state index is -0.230. The predicted octanol–water partition coefficient (Wildman–Crippen LogP) is 17.9. The summed E-state index contributed by atoms with van der Waals surface area (Å²) in [4.78, 5) is 104. The number of hydroxylamine groups is 1. The molecule has 0 bridgehead atoms. The maximum atomic E-state index is 12.2. The summed E-state index contributed by atoms with van der Waals surface area (Å²) in [5.74, 6) is 12.5. The highest BCUT2D eigenvalue weighted by Gasteiger charge is 2.34. The van der Waals surface area contributed by atoms with E-state index in [1.54, 1.807) is 33.0 Å². The zero-order valence-electron chi connectivity index (χ0n) is 81.5. The van der Waals surface area contributed by atoms with Gasteiger partial charge in [0.25, 0.3) is 0 Å². The van der Waals surface area contributed by atoms with Crippen molar-refractivity contribution in [1.29, 1.82) is 0 Å². The van der Waals surface area contributed by atoms with Crippen molar-refractivity contribution in [3.05, 3.63) is 0 Å². The van der Waals surface area contributed by atoms with Crippen LogP contribution in [0.4, 0.5) is 28.8 Å². The van der Waals surface area contributed by atoms with Crippen molar-refractivity contribution in [2.75, 3.05) is 94.3 Å². The first-order valence-electron chi connectivity index (χ1n) is 48.9. The van der Waals surface area contributed by atoms with Crippen molar-refractivity contribution in [2.45, 2.75) is 379 Å². The molecule has 706 valence electrons. The Labute approximate surface area is 738 Å². The zero-order chi connectivity index (χ0) is 90.3. The lowest BCUT2D eigenvalue weighted by atomic mass is 9.79. The molecule has 8 saturated carbocycles. The number of morpholine rings is 1. The van der Waals surface area contributed by atoms with Crippen LogP contribution in [0.3, 0.4) is 0 Å². The summed E-state index contributed by atoms with van der Waals surface area (Å²) in [5.41, 5.74) is 2.29. The van der Waals surface area contributed by atoms with E-state index in [4.69, 9.17) is 4.74 Å².